The Kier molecular flexibility index (Phi) is 5.56. The zero-order valence-electron chi connectivity index (χ0n) is 15.2. The van der Waals surface area contributed by atoms with Gasteiger partial charge in [-0.25, -0.2) is 8.78 Å². The van der Waals surface area contributed by atoms with Crippen LogP contribution in [0, 0.1) is 0 Å². The van der Waals surface area contributed by atoms with E-state index in [0.29, 0.717) is 23.1 Å². The standard InChI is InChI=1S/C19H17Cl2F2N5O/c20-13-3-1-2-11(8-13)9-27-7-6-14(25-27)24-15(29)10-28-18(12-4-5-12)16(21)17(26-28)19(22)23/h1-3,6-8,12,19H,4-5,9-10H2,(H,24,25,29). The van der Waals surface area contributed by atoms with Crippen molar-refractivity contribution in [2.24, 2.45) is 0 Å². The molecule has 1 fully saturated rings. The maximum Gasteiger partial charge on any atom is 0.283 e. The first-order valence-corrected chi connectivity index (χ1v) is 9.78. The fraction of sp³-hybridized carbons (Fsp3) is 0.316. The normalized spacial score (nSPS) is 13.8. The molecule has 0 radical (unpaired) electrons. The summed E-state index contributed by atoms with van der Waals surface area (Å²) in [7, 11) is 0. The third kappa shape index (κ3) is 4.59. The molecule has 0 bridgehead atoms. The molecule has 10 heteroatoms. The Hall–Kier alpha value is -2.45. The summed E-state index contributed by atoms with van der Waals surface area (Å²) >= 11 is 12.1. The van der Waals surface area contributed by atoms with Crippen molar-refractivity contribution in [3.05, 3.63) is 63.5 Å². The van der Waals surface area contributed by atoms with Gasteiger partial charge in [-0.3, -0.25) is 14.2 Å². The minimum absolute atomic E-state index is 0.0406. The van der Waals surface area contributed by atoms with E-state index in [1.54, 1.807) is 23.0 Å². The smallest absolute Gasteiger partial charge is 0.283 e. The molecule has 1 saturated carbocycles. The summed E-state index contributed by atoms with van der Waals surface area (Å²) in [5.74, 6) is 0.0180. The Labute approximate surface area is 175 Å². The molecule has 6 nitrogen and oxygen atoms in total. The van der Waals surface area contributed by atoms with Crippen molar-refractivity contribution in [2.45, 2.75) is 38.3 Å². The summed E-state index contributed by atoms with van der Waals surface area (Å²) in [4.78, 5) is 12.4. The van der Waals surface area contributed by atoms with Gasteiger partial charge in [0.15, 0.2) is 5.82 Å². The van der Waals surface area contributed by atoms with Gasteiger partial charge in [-0.15, -0.1) is 0 Å². The highest BCUT2D eigenvalue weighted by Crippen LogP contribution is 2.45. The summed E-state index contributed by atoms with van der Waals surface area (Å²) in [6, 6.07) is 9.06. The second-order valence-corrected chi connectivity index (χ2v) is 7.71. The minimum atomic E-state index is -2.79. The topological polar surface area (TPSA) is 64.7 Å². The molecule has 1 amide bonds. The number of halogens is 4. The van der Waals surface area contributed by atoms with Crippen molar-refractivity contribution in [1.82, 2.24) is 19.6 Å². The highest BCUT2D eigenvalue weighted by atomic mass is 35.5. The number of carbonyl (C=O) groups is 1. The van der Waals surface area contributed by atoms with Crippen LogP contribution in [-0.4, -0.2) is 25.5 Å². The highest BCUT2D eigenvalue weighted by molar-refractivity contribution is 6.32. The molecule has 0 spiro atoms. The summed E-state index contributed by atoms with van der Waals surface area (Å²) < 4.78 is 29.2. The third-order valence-electron chi connectivity index (χ3n) is 4.56. The largest absolute Gasteiger partial charge is 0.308 e. The lowest BCUT2D eigenvalue weighted by Gasteiger charge is -2.07. The van der Waals surface area contributed by atoms with Crippen LogP contribution >= 0.6 is 23.2 Å². The molecule has 4 rings (SSSR count). The summed E-state index contributed by atoms with van der Waals surface area (Å²) in [5.41, 5.74) is 0.994. The van der Waals surface area contributed by atoms with E-state index in [2.05, 4.69) is 15.5 Å². The van der Waals surface area contributed by atoms with E-state index in [-0.39, 0.29) is 17.5 Å². The number of anilines is 1. The van der Waals surface area contributed by atoms with Crippen LogP contribution < -0.4 is 5.32 Å². The lowest BCUT2D eigenvalue weighted by Crippen LogP contribution is -2.21. The van der Waals surface area contributed by atoms with Crippen molar-refractivity contribution in [1.29, 1.82) is 0 Å². The minimum Gasteiger partial charge on any atom is -0.308 e. The fourth-order valence-corrected chi connectivity index (χ4v) is 3.72. The maximum absolute atomic E-state index is 13.1. The summed E-state index contributed by atoms with van der Waals surface area (Å²) in [6.07, 6.45) is 0.644. The van der Waals surface area contributed by atoms with Crippen LogP contribution in [0.2, 0.25) is 10.0 Å². The number of nitrogens with zero attached hydrogens (tertiary/aromatic N) is 4. The average molecular weight is 440 g/mol. The molecule has 152 valence electrons. The van der Waals surface area contributed by atoms with Gasteiger partial charge in [0.2, 0.25) is 5.91 Å². The second-order valence-electron chi connectivity index (χ2n) is 6.89. The van der Waals surface area contributed by atoms with Gasteiger partial charge >= 0.3 is 0 Å². The SMILES string of the molecule is O=C(Cn1nc(C(F)F)c(Cl)c1C1CC1)Nc1ccn(Cc2cccc(Cl)c2)n1. The fourth-order valence-electron chi connectivity index (χ4n) is 3.14. The predicted octanol–water partition coefficient (Wildman–Crippen LogP) is 4.89. The van der Waals surface area contributed by atoms with E-state index >= 15 is 0 Å². The maximum atomic E-state index is 13.1. The van der Waals surface area contributed by atoms with Crippen LogP contribution in [0.25, 0.3) is 0 Å². The van der Waals surface area contributed by atoms with Crippen molar-refractivity contribution in [2.75, 3.05) is 5.32 Å². The first-order valence-electron chi connectivity index (χ1n) is 9.02. The molecular formula is C19H17Cl2F2N5O. The number of amides is 1. The Balaban J connectivity index is 1.43. The Morgan fingerprint density at radius 3 is 2.72 bits per heavy atom. The van der Waals surface area contributed by atoms with Crippen LogP contribution in [0.1, 0.15) is 42.1 Å². The first kappa shape index (κ1) is 19.8. The van der Waals surface area contributed by atoms with E-state index in [4.69, 9.17) is 23.2 Å². The quantitative estimate of drug-likeness (QED) is 0.569. The van der Waals surface area contributed by atoms with E-state index < -0.39 is 18.0 Å². The molecular weight excluding hydrogens is 423 g/mol. The van der Waals surface area contributed by atoms with Gasteiger partial charge in [-0.05, 0) is 30.5 Å². The van der Waals surface area contributed by atoms with Crippen molar-refractivity contribution in [3.8, 4) is 0 Å². The molecule has 2 aromatic heterocycles. The number of carbonyl (C=O) groups excluding carboxylic acids is 1. The van der Waals surface area contributed by atoms with Gasteiger partial charge < -0.3 is 5.32 Å². The van der Waals surface area contributed by atoms with Gasteiger partial charge in [0, 0.05) is 23.2 Å². The molecule has 1 aliphatic carbocycles. The molecule has 1 aromatic carbocycles. The number of benzene rings is 1. The van der Waals surface area contributed by atoms with Crippen LogP contribution in [0.5, 0.6) is 0 Å². The van der Waals surface area contributed by atoms with Crippen molar-refractivity contribution in [3.63, 3.8) is 0 Å². The van der Waals surface area contributed by atoms with E-state index in [1.807, 2.05) is 18.2 Å². The Morgan fingerprint density at radius 1 is 1.24 bits per heavy atom. The molecule has 3 aromatic rings. The number of aromatic nitrogens is 4. The summed E-state index contributed by atoms with van der Waals surface area (Å²) in [6.45, 7) is 0.286. The molecule has 29 heavy (non-hydrogen) atoms. The van der Waals surface area contributed by atoms with Gasteiger partial charge in [-0.1, -0.05) is 35.3 Å². The van der Waals surface area contributed by atoms with E-state index in [9.17, 15) is 13.6 Å². The zero-order chi connectivity index (χ0) is 20.5. The number of alkyl halides is 2. The monoisotopic (exact) mass is 439 g/mol. The number of nitrogens with one attached hydrogen (secondary N) is 1. The van der Waals surface area contributed by atoms with Gasteiger partial charge in [0.25, 0.3) is 6.43 Å². The average Bonchev–Trinajstić information content (AvgIpc) is 3.31. The second kappa shape index (κ2) is 8.12. The van der Waals surface area contributed by atoms with Crippen molar-refractivity contribution < 1.29 is 13.6 Å². The van der Waals surface area contributed by atoms with Crippen LogP contribution in [0.15, 0.2) is 36.5 Å². The van der Waals surface area contributed by atoms with Gasteiger partial charge in [0.1, 0.15) is 12.2 Å². The third-order valence-corrected chi connectivity index (χ3v) is 5.18. The van der Waals surface area contributed by atoms with E-state index in [0.717, 1.165) is 18.4 Å². The number of hydrogen-bond donors (Lipinski definition) is 1. The number of rotatable bonds is 7. The Bertz CT molecular complexity index is 1050. The zero-order valence-corrected chi connectivity index (χ0v) is 16.7. The lowest BCUT2D eigenvalue weighted by molar-refractivity contribution is -0.117. The molecule has 1 N–H and O–H groups in total. The van der Waals surface area contributed by atoms with E-state index in [1.165, 1.54) is 4.68 Å². The van der Waals surface area contributed by atoms with Gasteiger partial charge in [0.05, 0.1) is 17.3 Å². The number of hydrogen-bond acceptors (Lipinski definition) is 3. The highest BCUT2D eigenvalue weighted by Gasteiger charge is 2.34. The Morgan fingerprint density at radius 2 is 2.03 bits per heavy atom. The summed E-state index contributed by atoms with van der Waals surface area (Å²) in [5, 5.41) is 11.4. The van der Waals surface area contributed by atoms with Crippen LogP contribution in [0.3, 0.4) is 0 Å². The molecule has 0 atom stereocenters. The van der Waals surface area contributed by atoms with Crippen LogP contribution in [0.4, 0.5) is 14.6 Å². The molecule has 2 heterocycles. The van der Waals surface area contributed by atoms with Crippen LogP contribution in [-0.2, 0) is 17.9 Å². The molecule has 0 saturated heterocycles. The molecule has 0 unspecified atom stereocenters. The van der Waals surface area contributed by atoms with Gasteiger partial charge in [-0.2, -0.15) is 10.2 Å². The predicted molar refractivity (Wildman–Crippen MR) is 106 cm³/mol. The lowest BCUT2D eigenvalue weighted by atomic mass is 10.2. The molecule has 1 aliphatic rings. The first-order chi connectivity index (χ1) is 13.9. The molecule has 0 aliphatic heterocycles. The van der Waals surface area contributed by atoms with Crippen molar-refractivity contribution >= 4 is 34.9 Å².